The maximum atomic E-state index is 13.2. The molecule has 0 radical (unpaired) electrons. The molecule has 6 nitrogen and oxygen atoms in total. The SMILES string of the molecule is C[C@@H]1CCCC[C@@H]1NC(=O)CN1C(=O)N[C@]2(CCCc3ccccc32)C1=O. The first-order valence-corrected chi connectivity index (χ1v) is 10.0. The van der Waals surface area contributed by atoms with Crippen LogP contribution < -0.4 is 10.6 Å². The lowest BCUT2D eigenvalue weighted by Gasteiger charge is -2.33. The normalized spacial score (nSPS) is 30.2. The van der Waals surface area contributed by atoms with E-state index in [9.17, 15) is 14.4 Å². The third kappa shape index (κ3) is 3.11. The molecule has 1 aliphatic heterocycles. The minimum Gasteiger partial charge on any atom is -0.352 e. The zero-order chi connectivity index (χ0) is 19.0. The van der Waals surface area contributed by atoms with E-state index in [2.05, 4.69) is 17.6 Å². The summed E-state index contributed by atoms with van der Waals surface area (Å²) in [6.07, 6.45) is 6.69. The van der Waals surface area contributed by atoms with Gasteiger partial charge in [0.15, 0.2) is 0 Å². The van der Waals surface area contributed by atoms with E-state index in [1.54, 1.807) is 0 Å². The summed E-state index contributed by atoms with van der Waals surface area (Å²) in [7, 11) is 0. The molecule has 2 N–H and O–H groups in total. The van der Waals surface area contributed by atoms with E-state index in [0.717, 1.165) is 48.1 Å². The number of benzene rings is 1. The van der Waals surface area contributed by atoms with Crippen LogP contribution >= 0.6 is 0 Å². The van der Waals surface area contributed by atoms with Crippen LogP contribution in [0.2, 0.25) is 0 Å². The third-order valence-electron chi connectivity index (χ3n) is 6.41. The highest BCUT2D eigenvalue weighted by Gasteiger charge is 2.54. The van der Waals surface area contributed by atoms with E-state index in [1.807, 2.05) is 24.3 Å². The number of hydrogen-bond donors (Lipinski definition) is 2. The summed E-state index contributed by atoms with van der Waals surface area (Å²) in [6.45, 7) is 1.93. The Hall–Kier alpha value is -2.37. The number of aryl methyl sites for hydroxylation is 1. The molecular weight excluding hydrogens is 342 g/mol. The van der Waals surface area contributed by atoms with E-state index in [4.69, 9.17) is 0 Å². The van der Waals surface area contributed by atoms with E-state index in [-0.39, 0.29) is 24.4 Å². The van der Waals surface area contributed by atoms with Crippen molar-refractivity contribution in [3.63, 3.8) is 0 Å². The maximum Gasteiger partial charge on any atom is 0.325 e. The number of carbonyl (C=O) groups excluding carboxylic acids is 3. The van der Waals surface area contributed by atoms with Gasteiger partial charge in [0.2, 0.25) is 5.91 Å². The van der Waals surface area contributed by atoms with Crippen molar-refractivity contribution in [1.82, 2.24) is 15.5 Å². The van der Waals surface area contributed by atoms with Gasteiger partial charge in [0, 0.05) is 6.04 Å². The van der Waals surface area contributed by atoms with Gasteiger partial charge in [0.05, 0.1) is 0 Å². The molecular formula is C21H27N3O3. The van der Waals surface area contributed by atoms with E-state index in [0.29, 0.717) is 12.3 Å². The molecule has 27 heavy (non-hydrogen) atoms. The number of urea groups is 1. The van der Waals surface area contributed by atoms with Crippen LogP contribution in [0.15, 0.2) is 24.3 Å². The zero-order valence-electron chi connectivity index (χ0n) is 15.8. The van der Waals surface area contributed by atoms with Gasteiger partial charge in [-0.1, -0.05) is 44.0 Å². The van der Waals surface area contributed by atoms with Crippen molar-refractivity contribution in [2.75, 3.05) is 6.54 Å². The minimum atomic E-state index is -1.01. The van der Waals surface area contributed by atoms with E-state index < -0.39 is 11.6 Å². The van der Waals surface area contributed by atoms with Crippen LogP contribution in [0.5, 0.6) is 0 Å². The lowest BCUT2D eigenvalue weighted by atomic mass is 9.76. The molecule has 0 bridgehead atoms. The molecule has 2 fully saturated rings. The Balaban J connectivity index is 1.50. The molecule has 1 aromatic rings. The molecule has 0 unspecified atom stereocenters. The number of nitrogens with zero attached hydrogens (tertiary/aromatic N) is 1. The molecule has 144 valence electrons. The quantitative estimate of drug-likeness (QED) is 0.804. The number of carbonyl (C=O) groups is 3. The predicted octanol–water partition coefficient (Wildman–Crippen LogP) is 2.46. The first-order valence-electron chi connectivity index (χ1n) is 10.0. The summed E-state index contributed by atoms with van der Waals surface area (Å²) < 4.78 is 0. The number of hydrogen-bond acceptors (Lipinski definition) is 3. The lowest BCUT2D eigenvalue weighted by molar-refractivity contribution is -0.136. The first-order chi connectivity index (χ1) is 13.0. The Kier molecular flexibility index (Phi) is 4.66. The molecule has 4 amide bonds. The predicted molar refractivity (Wildman–Crippen MR) is 101 cm³/mol. The van der Waals surface area contributed by atoms with Gasteiger partial charge < -0.3 is 10.6 Å². The number of nitrogens with one attached hydrogen (secondary N) is 2. The van der Waals surface area contributed by atoms with Crippen molar-refractivity contribution in [2.45, 2.75) is 63.5 Å². The average Bonchev–Trinajstić information content (AvgIpc) is 2.89. The van der Waals surface area contributed by atoms with Gasteiger partial charge in [-0.05, 0) is 49.1 Å². The second kappa shape index (κ2) is 6.98. The second-order valence-corrected chi connectivity index (χ2v) is 8.17. The van der Waals surface area contributed by atoms with Crippen molar-refractivity contribution in [2.24, 2.45) is 5.92 Å². The number of amides is 4. The van der Waals surface area contributed by atoms with Crippen LogP contribution in [-0.2, 0) is 21.5 Å². The summed E-state index contributed by atoms with van der Waals surface area (Å²) in [5.41, 5.74) is 0.961. The monoisotopic (exact) mass is 369 g/mol. The van der Waals surface area contributed by atoms with Gasteiger partial charge in [0.1, 0.15) is 12.1 Å². The fourth-order valence-corrected chi connectivity index (χ4v) is 4.88. The first kappa shape index (κ1) is 18.0. The molecule has 0 aromatic heterocycles. The largest absolute Gasteiger partial charge is 0.352 e. The van der Waals surface area contributed by atoms with Gasteiger partial charge in [-0.15, -0.1) is 0 Å². The Bertz CT molecular complexity index is 778. The van der Waals surface area contributed by atoms with Crippen LogP contribution in [-0.4, -0.2) is 35.3 Å². The van der Waals surface area contributed by atoms with Crippen LogP contribution in [0.1, 0.15) is 56.6 Å². The van der Waals surface area contributed by atoms with Crippen LogP contribution in [0.4, 0.5) is 4.79 Å². The standard InChI is InChI=1S/C21H27N3O3/c1-14-7-2-5-11-17(14)22-18(25)13-24-19(26)21(23-20(24)27)12-6-9-15-8-3-4-10-16(15)21/h3-4,8,10,14,17H,2,5-7,9,11-13H2,1H3,(H,22,25)(H,23,27)/t14-,17+,21+/m1/s1. The molecule has 1 saturated heterocycles. The molecule has 4 rings (SSSR count). The Labute approximate surface area is 159 Å². The zero-order valence-corrected chi connectivity index (χ0v) is 15.8. The molecule has 1 spiro atoms. The average molecular weight is 369 g/mol. The smallest absolute Gasteiger partial charge is 0.325 e. The summed E-state index contributed by atoms with van der Waals surface area (Å²) in [5.74, 6) is -0.118. The third-order valence-corrected chi connectivity index (χ3v) is 6.41. The molecule has 6 heteroatoms. The number of imide groups is 1. The highest BCUT2D eigenvalue weighted by atomic mass is 16.2. The molecule has 1 saturated carbocycles. The van der Waals surface area contributed by atoms with Crippen LogP contribution in [0.25, 0.3) is 0 Å². The molecule has 3 aliphatic rings. The summed E-state index contributed by atoms with van der Waals surface area (Å²) in [4.78, 5) is 39.4. The second-order valence-electron chi connectivity index (χ2n) is 8.17. The fraction of sp³-hybridized carbons (Fsp3) is 0.571. The Morgan fingerprint density at radius 3 is 2.81 bits per heavy atom. The van der Waals surface area contributed by atoms with Crippen molar-refractivity contribution in [3.8, 4) is 0 Å². The lowest BCUT2D eigenvalue weighted by Crippen LogP contribution is -2.49. The van der Waals surface area contributed by atoms with Gasteiger partial charge >= 0.3 is 6.03 Å². The number of fused-ring (bicyclic) bond motifs is 2. The van der Waals surface area contributed by atoms with Gasteiger partial charge in [-0.3, -0.25) is 14.5 Å². The van der Waals surface area contributed by atoms with Crippen molar-refractivity contribution >= 4 is 17.8 Å². The summed E-state index contributed by atoms with van der Waals surface area (Å²) in [6, 6.07) is 7.44. The van der Waals surface area contributed by atoms with Crippen molar-refractivity contribution in [3.05, 3.63) is 35.4 Å². The van der Waals surface area contributed by atoms with Crippen molar-refractivity contribution < 1.29 is 14.4 Å². The topological polar surface area (TPSA) is 78.5 Å². The van der Waals surface area contributed by atoms with Crippen molar-refractivity contribution in [1.29, 1.82) is 0 Å². The highest BCUT2D eigenvalue weighted by Crippen LogP contribution is 2.39. The van der Waals surface area contributed by atoms with Gasteiger partial charge in [0.25, 0.3) is 5.91 Å². The number of rotatable bonds is 3. The Morgan fingerprint density at radius 2 is 2.00 bits per heavy atom. The molecule has 1 aromatic carbocycles. The van der Waals surface area contributed by atoms with Crippen LogP contribution in [0.3, 0.4) is 0 Å². The Morgan fingerprint density at radius 1 is 1.22 bits per heavy atom. The summed E-state index contributed by atoms with van der Waals surface area (Å²) >= 11 is 0. The van der Waals surface area contributed by atoms with E-state index in [1.165, 1.54) is 6.42 Å². The molecule has 3 atom stereocenters. The minimum absolute atomic E-state index is 0.136. The maximum absolute atomic E-state index is 13.2. The molecule has 1 heterocycles. The van der Waals surface area contributed by atoms with Crippen LogP contribution in [0, 0.1) is 5.92 Å². The molecule has 2 aliphatic carbocycles. The van der Waals surface area contributed by atoms with Gasteiger partial charge in [-0.2, -0.15) is 0 Å². The van der Waals surface area contributed by atoms with Gasteiger partial charge in [-0.25, -0.2) is 4.79 Å². The summed E-state index contributed by atoms with van der Waals surface area (Å²) in [5, 5.41) is 5.93. The highest BCUT2D eigenvalue weighted by molar-refractivity contribution is 6.09. The fourth-order valence-electron chi connectivity index (χ4n) is 4.88. The van der Waals surface area contributed by atoms with E-state index >= 15 is 0 Å².